The van der Waals surface area contributed by atoms with Gasteiger partial charge in [0.2, 0.25) is 0 Å². The smallest absolute Gasteiger partial charge is 0.0616 e. The first-order valence-corrected chi connectivity index (χ1v) is 6.81. The monoisotopic (exact) mass is 241 g/mol. The van der Waals surface area contributed by atoms with E-state index < -0.39 is 0 Å². The van der Waals surface area contributed by atoms with Crippen molar-refractivity contribution in [2.45, 2.75) is 57.5 Å². The first-order valence-electron chi connectivity index (χ1n) is 6.81. The number of hydrogen-bond donors (Lipinski definition) is 2. The lowest BCUT2D eigenvalue weighted by molar-refractivity contribution is 0.146. The van der Waals surface area contributed by atoms with Gasteiger partial charge in [-0.05, 0) is 39.0 Å². The van der Waals surface area contributed by atoms with Crippen LogP contribution in [0, 0.1) is 0 Å². The van der Waals surface area contributed by atoms with Gasteiger partial charge in [0.25, 0.3) is 0 Å². The lowest BCUT2D eigenvalue weighted by atomic mass is 9.93. The van der Waals surface area contributed by atoms with E-state index in [9.17, 15) is 0 Å². The van der Waals surface area contributed by atoms with Crippen LogP contribution in [0.1, 0.15) is 45.4 Å². The van der Waals surface area contributed by atoms with Gasteiger partial charge in [0.1, 0.15) is 0 Å². The molecule has 1 aliphatic carbocycles. The SMILES string of the molecule is COCC(CCO)NC(C)C=C1CCCCC1. The van der Waals surface area contributed by atoms with Crippen LogP contribution in [0.4, 0.5) is 0 Å². The molecule has 0 aromatic rings. The minimum absolute atomic E-state index is 0.213. The molecule has 0 aromatic heterocycles. The second-order valence-electron chi connectivity index (χ2n) is 5.01. The number of ether oxygens (including phenoxy) is 1. The molecule has 1 aliphatic rings. The van der Waals surface area contributed by atoms with Gasteiger partial charge in [-0.2, -0.15) is 0 Å². The van der Waals surface area contributed by atoms with Gasteiger partial charge in [-0.25, -0.2) is 0 Å². The molecule has 0 aliphatic heterocycles. The fourth-order valence-electron chi connectivity index (χ4n) is 2.52. The highest BCUT2D eigenvalue weighted by Crippen LogP contribution is 2.23. The first-order chi connectivity index (χ1) is 8.26. The van der Waals surface area contributed by atoms with Gasteiger partial charge in [0.05, 0.1) is 6.61 Å². The average Bonchev–Trinajstić information content (AvgIpc) is 2.30. The molecule has 0 amide bonds. The predicted molar refractivity (Wildman–Crippen MR) is 71.1 cm³/mol. The summed E-state index contributed by atoms with van der Waals surface area (Å²) in [5.74, 6) is 0. The van der Waals surface area contributed by atoms with Crippen LogP contribution in [-0.2, 0) is 4.74 Å². The molecule has 2 N–H and O–H groups in total. The summed E-state index contributed by atoms with van der Waals surface area (Å²) in [7, 11) is 1.70. The van der Waals surface area contributed by atoms with Gasteiger partial charge in [-0.1, -0.05) is 18.1 Å². The summed E-state index contributed by atoms with van der Waals surface area (Å²) in [6, 6.07) is 0.621. The zero-order chi connectivity index (χ0) is 12.5. The maximum atomic E-state index is 8.99. The lowest BCUT2D eigenvalue weighted by Gasteiger charge is -2.22. The van der Waals surface area contributed by atoms with Crippen LogP contribution >= 0.6 is 0 Å². The standard InChI is InChI=1S/C14H27NO2/c1-12(10-13-6-4-3-5-7-13)15-14(8-9-16)11-17-2/h10,12,14-16H,3-9,11H2,1-2H3. The Morgan fingerprint density at radius 3 is 2.65 bits per heavy atom. The summed E-state index contributed by atoms with van der Waals surface area (Å²) in [6.07, 6.45) is 9.71. The molecule has 3 heteroatoms. The summed E-state index contributed by atoms with van der Waals surface area (Å²) < 4.78 is 5.15. The van der Waals surface area contributed by atoms with Gasteiger partial charge >= 0.3 is 0 Å². The van der Waals surface area contributed by atoms with E-state index in [1.165, 1.54) is 32.1 Å². The van der Waals surface area contributed by atoms with E-state index in [0.717, 1.165) is 6.42 Å². The Labute approximate surface area is 105 Å². The van der Waals surface area contributed by atoms with Crippen molar-refractivity contribution in [1.82, 2.24) is 5.32 Å². The van der Waals surface area contributed by atoms with Crippen LogP contribution in [0.5, 0.6) is 0 Å². The summed E-state index contributed by atoms with van der Waals surface area (Å²) in [5.41, 5.74) is 1.59. The third kappa shape index (κ3) is 6.20. The van der Waals surface area contributed by atoms with Gasteiger partial charge in [0.15, 0.2) is 0 Å². The molecule has 0 spiro atoms. The number of methoxy groups -OCH3 is 1. The zero-order valence-corrected chi connectivity index (χ0v) is 11.2. The van der Waals surface area contributed by atoms with Crippen molar-refractivity contribution in [2.24, 2.45) is 0 Å². The number of allylic oxidation sites excluding steroid dienone is 1. The summed E-state index contributed by atoms with van der Waals surface area (Å²) >= 11 is 0. The third-order valence-electron chi connectivity index (χ3n) is 3.33. The Balaban J connectivity index is 2.36. The van der Waals surface area contributed by atoms with Crippen LogP contribution in [0.25, 0.3) is 0 Å². The third-order valence-corrected chi connectivity index (χ3v) is 3.33. The highest BCUT2D eigenvalue weighted by atomic mass is 16.5. The molecular formula is C14H27NO2. The number of aliphatic hydroxyl groups is 1. The molecule has 2 unspecified atom stereocenters. The summed E-state index contributed by atoms with van der Waals surface area (Å²) in [5, 5.41) is 12.5. The quantitative estimate of drug-likeness (QED) is 0.672. The van der Waals surface area contributed by atoms with Crippen LogP contribution in [-0.4, -0.2) is 37.5 Å². The van der Waals surface area contributed by atoms with Gasteiger partial charge in [0, 0.05) is 25.8 Å². The van der Waals surface area contributed by atoms with E-state index in [2.05, 4.69) is 18.3 Å². The summed E-state index contributed by atoms with van der Waals surface area (Å²) in [4.78, 5) is 0. The molecule has 1 saturated carbocycles. The molecular weight excluding hydrogens is 214 g/mol. The molecule has 1 rings (SSSR count). The zero-order valence-electron chi connectivity index (χ0n) is 11.2. The highest BCUT2D eigenvalue weighted by molar-refractivity contribution is 5.08. The fourth-order valence-corrected chi connectivity index (χ4v) is 2.52. The van der Waals surface area contributed by atoms with Gasteiger partial charge in [-0.3, -0.25) is 0 Å². The summed E-state index contributed by atoms with van der Waals surface area (Å²) in [6.45, 7) is 3.06. The minimum atomic E-state index is 0.213. The normalized spacial score (nSPS) is 20.1. The first kappa shape index (κ1) is 14.7. The number of rotatable bonds is 7. The molecule has 0 heterocycles. The molecule has 0 radical (unpaired) electrons. The van der Waals surface area contributed by atoms with Crippen molar-refractivity contribution in [3.8, 4) is 0 Å². The minimum Gasteiger partial charge on any atom is -0.396 e. The van der Waals surface area contributed by atoms with Crippen LogP contribution in [0.3, 0.4) is 0 Å². The molecule has 0 saturated heterocycles. The van der Waals surface area contributed by atoms with E-state index in [1.807, 2.05) is 0 Å². The topological polar surface area (TPSA) is 41.5 Å². The van der Waals surface area contributed by atoms with Crippen LogP contribution in [0.15, 0.2) is 11.6 Å². The average molecular weight is 241 g/mol. The second-order valence-corrected chi connectivity index (χ2v) is 5.01. The second kappa shape index (κ2) is 8.67. The maximum absolute atomic E-state index is 8.99. The maximum Gasteiger partial charge on any atom is 0.0616 e. The van der Waals surface area contributed by atoms with Crippen LogP contribution < -0.4 is 5.32 Å². The molecule has 100 valence electrons. The fraction of sp³-hybridized carbons (Fsp3) is 0.857. The van der Waals surface area contributed by atoms with E-state index >= 15 is 0 Å². The molecule has 3 nitrogen and oxygen atoms in total. The number of aliphatic hydroxyl groups excluding tert-OH is 1. The Morgan fingerprint density at radius 2 is 2.06 bits per heavy atom. The van der Waals surface area contributed by atoms with Crippen molar-refractivity contribution >= 4 is 0 Å². The molecule has 17 heavy (non-hydrogen) atoms. The Bertz CT molecular complexity index is 214. The van der Waals surface area contributed by atoms with E-state index in [0.29, 0.717) is 12.6 Å². The predicted octanol–water partition coefficient (Wildman–Crippen LogP) is 2.25. The van der Waals surface area contributed by atoms with E-state index in [4.69, 9.17) is 9.84 Å². The van der Waals surface area contributed by atoms with Crippen molar-refractivity contribution in [1.29, 1.82) is 0 Å². The van der Waals surface area contributed by atoms with Crippen molar-refractivity contribution < 1.29 is 9.84 Å². The number of nitrogens with one attached hydrogen (secondary N) is 1. The van der Waals surface area contributed by atoms with Gasteiger partial charge < -0.3 is 15.2 Å². The van der Waals surface area contributed by atoms with E-state index in [1.54, 1.807) is 12.7 Å². The Morgan fingerprint density at radius 1 is 1.35 bits per heavy atom. The number of hydrogen-bond acceptors (Lipinski definition) is 3. The molecule has 0 bridgehead atoms. The molecule has 0 aromatic carbocycles. The molecule has 1 fully saturated rings. The van der Waals surface area contributed by atoms with E-state index in [-0.39, 0.29) is 12.6 Å². The van der Waals surface area contributed by atoms with Crippen LogP contribution in [0.2, 0.25) is 0 Å². The van der Waals surface area contributed by atoms with Crippen molar-refractivity contribution in [2.75, 3.05) is 20.3 Å². The Hall–Kier alpha value is -0.380. The van der Waals surface area contributed by atoms with Gasteiger partial charge in [-0.15, -0.1) is 0 Å². The Kier molecular flexibility index (Phi) is 7.49. The van der Waals surface area contributed by atoms with Crippen molar-refractivity contribution in [3.63, 3.8) is 0 Å². The largest absolute Gasteiger partial charge is 0.396 e. The lowest BCUT2D eigenvalue weighted by Crippen LogP contribution is -2.39. The van der Waals surface area contributed by atoms with Crippen molar-refractivity contribution in [3.05, 3.63) is 11.6 Å². The molecule has 2 atom stereocenters. The highest BCUT2D eigenvalue weighted by Gasteiger charge is 2.12.